The third-order valence-corrected chi connectivity index (χ3v) is 4.10. The molecule has 0 aromatic carbocycles. The molecule has 1 aliphatic heterocycles. The molecule has 0 bridgehead atoms. The highest BCUT2D eigenvalue weighted by molar-refractivity contribution is 5.82. The standard InChI is InChI=1S/C14H30N4O/c1-14(2,13(15)16)5-3-6-17-7-4-8-18(10-9-17)11-12-19/h19H,3-12H2,1-2H3,(H3,15,16). The number of hydrogen-bond acceptors (Lipinski definition) is 4. The van der Waals surface area contributed by atoms with Crippen LogP contribution in [0.25, 0.3) is 0 Å². The second kappa shape index (κ2) is 7.82. The number of nitrogens with zero attached hydrogens (tertiary/aromatic N) is 2. The molecular formula is C14H30N4O. The van der Waals surface area contributed by atoms with E-state index in [0.29, 0.717) is 0 Å². The van der Waals surface area contributed by atoms with Gasteiger partial charge in [-0.3, -0.25) is 10.3 Å². The number of amidine groups is 1. The summed E-state index contributed by atoms with van der Waals surface area (Å²) in [6, 6.07) is 0. The lowest BCUT2D eigenvalue weighted by atomic mass is 9.86. The van der Waals surface area contributed by atoms with Crippen molar-refractivity contribution < 1.29 is 5.11 Å². The van der Waals surface area contributed by atoms with Crippen LogP contribution in [0.3, 0.4) is 0 Å². The van der Waals surface area contributed by atoms with Crippen LogP contribution in [0.15, 0.2) is 0 Å². The third-order valence-electron chi connectivity index (χ3n) is 4.10. The maximum atomic E-state index is 8.97. The predicted molar refractivity (Wildman–Crippen MR) is 79.5 cm³/mol. The summed E-state index contributed by atoms with van der Waals surface area (Å²) in [5.74, 6) is 0.289. The van der Waals surface area contributed by atoms with Crippen molar-refractivity contribution in [2.45, 2.75) is 33.1 Å². The molecule has 1 saturated heterocycles. The molecule has 1 fully saturated rings. The fourth-order valence-corrected chi connectivity index (χ4v) is 2.49. The summed E-state index contributed by atoms with van der Waals surface area (Å²) in [6.07, 6.45) is 3.24. The van der Waals surface area contributed by atoms with Crippen molar-refractivity contribution in [3.63, 3.8) is 0 Å². The zero-order valence-corrected chi connectivity index (χ0v) is 12.5. The first-order valence-electron chi connectivity index (χ1n) is 7.36. The van der Waals surface area contributed by atoms with Crippen LogP contribution in [-0.4, -0.2) is 66.6 Å². The first kappa shape index (κ1) is 16.4. The highest BCUT2D eigenvalue weighted by Gasteiger charge is 2.21. The Morgan fingerprint density at radius 3 is 2.26 bits per heavy atom. The molecular weight excluding hydrogens is 240 g/mol. The number of rotatable bonds is 7. The Morgan fingerprint density at radius 2 is 1.74 bits per heavy atom. The maximum absolute atomic E-state index is 8.97. The summed E-state index contributed by atoms with van der Waals surface area (Å²) < 4.78 is 0. The van der Waals surface area contributed by atoms with Crippen LogP contribution in [0.4, 0.5) is 0 Å². The molecule has 1 aliphatic rings. The van der Waals surface area contributed by atoms with Crippen molar-refractivity contribution in [2.75, 3.05) is 45.9 Å². The molecule has 0 aromatic heterocycles. The quantitative estimate of drug-likeness (QED) is 0.471. The number of β-amino-alcohol motifs (C(OH)–C–C–N with tert-alkyl or cyclic N) is 1. The Morgan fingerprint density at radius 1 is 1.16 bits per heavy atom. The molecule has 0 saturated carbocycles. The van der Waals surface area contributed by atoms with Gasteiger partial charge < -0.3 is 15.7 Å². The Kier molecular flexibility index (Phi) is 6.75. The topological polar surface area (TPSA) is 76.6 Å². The SMILES string of the molecule is CC(C)(CCCN1CCCN(CCO)CC1)C(=N)N. The van der Waals surface area contributed by atoms with E-state index in [4.69, 9.17) is 16.2 Å². The van der Waals surface area contributed by atoms with Gasteiger partial charge in [0.05, 0.1) is 12.4 Å². The summed E-state index contributed by atoms with van der Waals surface area (Å²) in [5, 5.41) is 16.5. The van der Waals surface area contributed by atoms with Crippen molar-refractivity contribution >= 4 is 5.84 Å². The fourth-order valence-electron chi connectivity index (χ4n) is 2.49. The van der Waals surface area contributed by atoms with Crippen molar-refractivity contribution in [1.29, 1.82) is 5.41 Å². The molecule has 1 heterocycles. The van der Waals surface area contributed by atoms with E-state index in [1.165, 1.54) is 6.42 Å². The molecule has 4 N–H and O–H groups in total. The van der Waals surface area contributed by atoms with E-state index in [-0.39, 0.29) is 17.9 Å². The third kappa shape index (κ3) is 5.89. The van der Waals surface area contributed by atoms with Crippen LogP contribution >= 0.6 is 0 Å². The van der Waals surface area contributed by atoms with E-state index in [2.05, 4.69) is 9.80 Å². The smallest absolute Gasteiger partial charge is 0.0963 e. The van der Waals surface area contributed by atoms with E-state index < -0.39 is 0 Å². The van der Waals surface area contributed by atoms with Gasteiger partial charge in [0.2, 0.25) is 0 Å². The van der Waals surface area contributed by atoms with Gasteiger partial charge in [0.15, 0.2) is 0 Å². The van der Waals surface area contributed by atoms with E-state index in [9.17, 15) is 0 Å². The maximum Gasteiger partial charge on any atom is 0.0963 e. The van der Waals surface area contributed by atoms with E-state index in [1.54, 1.807) is 0 Å². The fraction of sp³-hybridized carbons (Fsp3) is 0.929. The minimum absolute atomic E-state index is 0.172. The second-order valence-corrected chi connectivity index (χ2v) is 6.16. The summed E-state index contributed by atoms with van der Waals surface area (Å²) in [6.45, 7) is 10.6. The van der Waals surface area contributed by atoms with Crippen molar-refractivity contribution in [1.82, 2.24) is 9.80 Å². The molecule has 0 atom stereocenters. The minimum Gasteiger partial charge on any atom is -0.395 e. The number of aliphatic hydroxyl groups excluding tert-OH is 1. The van der Waals surface area contributed by atoms with Gasteiger partial charge in [0.1, 0.15) is 0 Å². The Bertz CT molecular complexity index is 281. The second-order valence-electron chi connectivity index (χ2n) is 6.16. The summed E-state index contributed by atoms with van der Waals surface area (Å²) >= 11 is 0. The molecule has 112 valence electrons. The van der Waals surface area contributed by atoms with Crippen molar-refractivity contribution in [2.24, 2.45) is 11.1 Å². The molecule has 0 spiro atoms. The van der Waals surface area contributed by atoms with Gasteiger partial charge in [-0.15, -0.1) is 0 Å². The van der Waals surface area contributed by atoms with Crippen LogP contribution in [0.2, 0.25) is 0 Å². The van der Waals surface area contributed by atoms with Crippen LogP contribution < -0.4 is 5.73 Å². The van der Waals surface area contributed by atoms with Crippen LogP contribution in [0.1, 0.15) is 33.1 Å². The van der Waals surface area contributed by atoms with E-state index in [0.717, 1.165) is 52.1 Å². The van der Waals surface area contributed by atoms with Gasteiger partial charge in [-0.2, -0.15) is 0 Å². The molecule has 0 radical (unpaired) electrons. The highest BCUT2D eigenvalue weighted by Crippen LogP contribution is 2.22. The lowest BCUT2D eigenvalue weighted by molar-refractivity contribution is 0.195. The molecule has 5 nitrogen and oxygen atoms in total. The minimum atomic E-state index is -0.172. The van der Waals surface area contributed by atoms with Crippen LogP contribution in [0.5, 0.6) is 0 Å². The highest BCUT2D eigenvalue weighted by atomic mass is 16.3. The number of aliphatic hydroxyl groups is 1. The summed E-state index contributed by atoms with van der Waals surface area (Å²) in [4.78, 5) is 4.83. The lowest BCUT2D eigenvalue weighted by Gasteiger charge is -2.25. The van der Waals surface area contributed by atoms with Crippen molar-refractivity contribution in [3.8, 4) is 0 Å². The Labute approximate surface area is 117 Å². The average molecular weight is 270 g/mol. The molecule has 0 aromatic rings. The number of hydrogen-bond donors (Lipinski definition) is 3. The lowest BCUT2D eigenvalue weighted by Crippen LogP contribution is -2.34. The molecule has 0 aliphatic carbocycles. The van der Waals surface area contributed by atoms with Crippen LogP contribution in [0, 0.1) is 10.8 Å². The summed E-state index contributed by atoms with van der Waals surface area (Å²) in [5.41, 5.74) is 5.43. The van der Waals surface area contributed by atoms with Gasteiger partial charge in [-0.05, 0) is 38.9 Å². The normalized spacial score (nSPS) is 19.3. The predicted octanol–water partition coefficient (Wildman–Crippen LogP) is 0.729. The zero-order valence-electron chi connectivity index (χ0n) is 12.5. The molecule has 1 rings (SSSR count). The van der Waals surface area contributed by atoms with Crippen molar-refractivity contribution in [3.05, 3.63) is 0 Å². The van der Waals surface area contributed by atoms with Gasteiger partial charge in [0.25, 0.3) is 0 Å². The number of nitrogens with two attached hydrogens (primary N) is 1. The van der Waals surface area contributed by atoms with Gasteiger partial charge >= 0.3 is 0 Å². The Balaban J connectivity index is 2.25. The van der Waals surface area contributed by atoms with Gasteiger partial charge in [-0.25, -0.2) is 0 Å². The zero-order chi connectivity index (χ0) is 14.3. The first-order valence-corrected chi connectivity index (χ1v) is 7.36. The molecule has 0 unspecified atom stereocenters. The van der Waals surface area contributed by atoms with Gasteiger partial charge in [0, 0.05) is 25.0 Å². The monoisotopic (exact) mass is 270 g/mol. The first-order chi connectivity index (χ1) is 8.95. The largest absolute Gasteiger partial charge is 0.395 e. The van der Waals surface area contributed by atoms with E-state index >= 15 is 0 Å². The Hall–Kier alpha value is -0.650. The van der Waals surface area contributed by atoms with Crippen LogP contribution in [-0.2, 0) is 0 Å². The summed E-state index contributed by atoms with van der Waals surface area (Å²) in [7, 11) is 0. The molecule has 19 heavy (non-hydrogen) atoms. The number of nitrogens with one attached hydrogen (secondary N) is 1. The molecule has 5 heteroatoms. The van der Waals surface area contributed by atoms with E-state index in [1.807, 2.05) is 13.8 Å². The average Bonchev–Trinajstić information content (AvgIpc) is 2.55. The molecule has 0 amide bonds. The van der Waals surface area contributed by atoms with Gasteiger partial charge in [-0.1, -0.05) is 13.8 Å².